The van der Waals surface area contributed by atoms with Crippen molar-refractivity contribution in [1.29, 1.82) is 0 Å². The molecule has 0 N–H and O–H groups in total. The number of hydrogen-bond acceptors (Lipinski definition) is 4. The van der Waals surface area contributed by atoms with E-state index in [2.05, 4.69) is 46.0 Å². The van der Waals surface area contributed by atoms with Gasteiger partial charge in [-0.3, -0.25) is 0 Å². The number of hydrogen-bond donors (Lipinski definition) is 0. The van der Waals surface area contributed by atoms with Crippen LogP contribution in [0.25, 0.3) is 0 Å². The van der Waals surface area contributed by atoms with E-state index in [1.54, 1.807) is 4.90 Å². The fourth-order valence-electron chi connectivity index (χ4n) is 4.29. The molecule has 2 aliphatic heterocycles. The fourth-order valence-corrected chi connectivity index (χ4v) is 8.28. The van der Waals surface area contributed by atoms with Crippen LogP contribution in [0.2, 0.25) is 22.9 Å². The molecule has 7 heteroatoms. The fraction of sp³-hybridized carbons (Fsp3) is 0.481. The Morgan fingerprint density at radius 1 is 1.06 bits per heavy atom. The van der Waals surface area contributed by atoms with Gasteiger partial charge in [0.2, 0.25) is 0 Å². The third-order valence-electron chi connectivity index (χ3n) is 7.31. The summed E-state index contributed by atoms with van der Waals surface area (Å²) in [5, 5.41) is 0.0855. The molecule has 0 saturated carbocycles. The molecule has 2 heterocycles. The van der Waals surface area contributed by atoms with Crippen LogP contribution in [-0.2, 0) is 25.3 Å². The average Bonchev–Trinajstić information content (AvgIpc) is 3.27. The minimum absolute atomic E-state index is 0.0684. The summed E-state index contributed by atoms with van der Waals surface area (Å²) in [4.78, 5) is 28.8. The first kappa shape index (κ1) is 25.3. The summed E-state index contributed by atoms with van der Waals surface area (Å²) >= 11 is -0.0684. The molecule has 0 aromatic heterocycles. The van der Waals surface area contributed by atoms with Crippen molar-refractivity contribution in [2.24, 2.45) is 0 Å². The second-order valence-electron chi connectivity index (χ2n) is 10.8. The van der Waals surface area contributed by atoms with Crippen LogP contribution in [0, 0.1) is 0 Å². The van der Waals surface area contributed by atoms with Gasteiger partial charge in [-0.2, -0.15) is 0 Å². The number of benzene rings is 2. The monoisotopic (exact) mass is 545 g/mol. The summed E-state index contributed by atoms with van der Waals surface area (Å²) in [6.07, 6.45) is 0.412. The van der Waals surface area contributed by atoms with E-state index in [0.29, 0.717) is 19.6 Å². The molecule has 3 atom stereocenters. The molecule has 1 amide bonds. The van der Waals surface area contributed by atoms with Gasteiger partial charge in [-0.05, 0) is 0 Å². The molecule has 0 aliphatic carbocycles. The first-order valence-corrected chi connectivity index (χ1v) is 16.7. The maximum absolute atomic E-state index is 13.8. The van der Waals surface area contributed by atoms with Crippen LogP contribution >= 0.6 is 0 Å². The molecule has 2 aliphatic rings. The van der Waals surface area contributed by atoms with E-state index in [4.69, 9.17) is 9.16 Å². The Bertz CT molecular complexity index is 1020. The summed E-state index contributed by atoms with van der Waals surface area (Å²) in [6.45, 7) is 12.0. The predicted octanol–water partition coefficient (Wildman–Crippen LogP) is 3.97. The van der Waals surface area contributed by atoms with E-state index in [1.807, 2.05) is 48.5 Å². The first-order chi connectivity index (χ1) is 16.0. The van der Waals surface area contributed by atoms with E-state index >= 15 is 0 Å². The van der Waals surface area contributed by atoms with Crippen LogP contribution in [0.3, 0.4) is 0 Å². The van der Waals surface area contributed by atoms with Crippen LogP contribution < -0.4 is 4.46 Å². The molecule has 34 heavy (non-hydrogen) atoms. The van der Waals surface area contributed by atoms with Crippen molar-refractivity contribution in [2.45, 2.75) is 68.4 Å². The zero-order valence-corrected chi connectivity index (χ0v) is 23.5. The number of nitrogens with zero attached hydrogens (tertiary/aromatic N) is 1. The van der Waals surface area contributed by atoms with Gasteiger partial charge in [0.05, 0.1) is 0 Å². The van der Waals surface area contributed by atoms with Gasteiger partial charge >= 0.3 is 211 Å². The Balaban J connectivity index is 1.58. The number of ether oxygens (including phenoxy) is 1. The van der Waals surface area contributed by atoms with Crippen LogP contribution in [0.4, 0.5) is 0 Å². The number of Topliss-reactive ketones (excluding diaryl/α,β-unsaturated/α-hetero) is 1. The van der Waals surface area contributed by atoms with Crippen molar-refractivity contribution in [3.8, 4) is 0 Å². The molecular weight excluding hydrogens is 509 g/mol. The second-order valence-corrected chi connectivity index (χ2v) is 18.3. The number of likely N-dealkylation sites (tertiary alicyclic amines) is 1. The Labute approximate surface area is 210 Å². The van der Waals surface area contributed by atoms with Gasteiger partial charge < -0.3 is 0 Å². The third kappa shape index (κ3) is 4.95. The van der Waals surface area contributed by atoms with E-state index < -0.39 is 13.9 Å². The maximum atomic E-state index is 13.8. The second kappa shape index (κ2) is 9.71. The molecular formula is C27H35NO4SeSi. The van der Waals surface area contributed by atoms with Crippen molar-refractivity contribution < 1.29 is 18.8 Å². The Hall–Kier alpha value is -1.76. The molecule has 1 spiro atoms. The van der Waals surface area contributed by atoms with Crippen LogP contribution in [0.15, 0.2) is 60.7 Å². The Morgan fingerprint density at radius 3 is 2.29 bits per heavy atom. The minimum atomic E-state index is -1.97. The van der Waals surface area contributed by atoms with Gasteiger partial charge in [0.1, 0.15) is 0 Å². The normalized spacial score (nSPS) is 25.5. The molecule has 5 nitrogen and oxygen atoms in total. The molecule has 2 saturated heterocycles. The summed E-state index contributed by atoms with van der Waals surface area (Å²) < 4.78 is 14.1. The van der Waals surface area contributed by atoms with Gasteiger partial charge in [0.15, 0.2) is 0 Å². The average molecular weight is 545 g/mol. The molecule has 2 aromatic rings. The summed E-state index contributed by atoms with van der Waals surface area (Å²) in [5.41, 5.74) is -0.367. The van der Waals surface area contributed by atoms with E-state index in [0.717, 1.165) is 5.56 Å². The van der Waals surface area contributed by atoms with Gasteiger partial charge in [-0.25, -0.2) is 0 Å². The third-order valence-corrected chi connectivity index (χ3v) is 14.7. The van der Waals surface area contributed by atoms with Gasteiger partial charge in [0, 0.05) is 0 Å². The molecule has 182 valence electrons. The molecule has 0 radical (unpaired) electrons. The van der Waals surface area contributed by atoms with Crippen LogP contribution in [0.5, 0.6) is 0 Å². The number of carbonyl (C=O) groups is 2. The van der Waals surface area contributed by atoms with Crippen LogP contribution in [0.1, 0.15) is 32.8 Å². The predicted molar refractivity (Wildman–Crippen MR) is 138 cm³/mol. The first-order valence-electron chi connectivity index (χ1n) is 11.9. The van der Waals surface area contributed by atoms with E-state index in [1.165, 1.54) is 4.46 Å². The number of carbonyl (C=O) groups excluding carboxylic acids is 2. The Kier molecular flexibility index (Phi) is 7.23. The standard InChI is InChI=1S/C27H35NO4SeSi/c1-26(2,3)34(4,5)31-19-21-16-24(33-22-14-10-7-11-15-22)27(32-21)23(29)18-28(25(27)30)17-20-12-8-6-9-13-20/h6-15,21,24H,16-19H2,1-5H3/t21-,24?,27?/m0/s1. The number of rotatable bonds is 7. The SMILES string of the molecule is CC(C)(C)[Si](C)(C)OC[C@@H]1CC([Se]c2ccccc2)C2(O1)C(=O)CN(Cc1ccccc1)C2=O. The van der Waals surface area contributed by atoms with E-state index in [9.17, 15) is 9.59 Å². The molecule has 2 unspecified atom stereocenters. The zero-order chi connectivity index (χ0) is 24.6. The Morgan fingerprint density at radius 2 is 1.68 bits per heavy atom. The van der Waals surface area contributed by atoms with Gasteiger partial charge in [-0.15, -0.1) is 0 Å². The molecule has 2 aromatic carbocycles. The summed E-state index contributed by atoms with van der Waals surface area (Å²) in [7, 11) is -1.97. The zero-order valence-electron chi connectivity index (χ0n) is 20.7. The van der Waals surface area contributed by atoms with Gasteiger partial charge in [-0.1, -0.05) is 0 Å². The molecule has 4 rings (SSSR count). The topological polar surface area (TPSA) is 55.8 Å². The van der Waals surface area contributed by atoms with E-state index in [-0.39, 0.29) is 49.2 Å². The van der Waals surface area contributed by atoms with Crippen molar-refractivity contribution in [2.75, 3.05) is 13.2 Å². The summed E-state index contributed by atoms with van der Waals surface area (Å²) in [5.74, 6) is -0.287. The summed E-state index contributed by atoms with van der Waals surface area (Å²) in [6, 6.07) is 20.0. The number of ketones is 1. The van der Waals surface area contributed by atoms with Crippen LogP contribution in [-0.4, -0.2) is 64.7 Å². The quantitative estimate of drug-likeness (QED) is 0.391. The van der Waals surface area contributed by atoms with Gasteiger partial charge in [0.25, 0.3) is 0 Å². The van der Waals surface area contributed by atoms with Crippen molar-refractivity contribution in [1.82, 2.24) is 4.90 Å². The van der Waals surface area contributed by atoms with Crippen molar-refractivity contribution in [3.05, 3.63) is 66.2 Å². The number of amides is 1. The van der Waals surface area contributed by atoms with Crippen molar-refractivity contribution in [3.63, 3.8) is 0 Å². The molecule has 2 fully saturated rings. The molecule has 0 bridgehead atoms. The van der Waals surface area contributed by atoms with Crippen molar-refractivity contribution >= 4 is 39.4 Å².